The van der Waals surface area contributed by atoms with Gasteiger partial charge in [-0.3, -0.25) is 0 Å². The molecule has 0 saturated carbocycles. The molecule has 4 N–H and O–H groups in total. The molecule has 2 aromatic carbocycles. The highest BCUT2D eigenvalue weighted by molar-refractivity contribution is 6.09. The van der Waals surface area contributed by atoms with Crippen molar-refractivity contribution in [2.24, 2.45) is 0 Å². The highest BCUT2D eigenvalue weighted by Crippen LogP contribution is 2.34. The van der Waals surface area contributed by atoms with Gasteiger partial charge in [0.05, 0.1) is 0 Å². The van der Waals surface area contributed by atoms with Crippen LogP contribution < -0.4 is 11.4 Å². The zero-order valence-electron chi connectivity index (χ0n) is 10.1. The molecule has 3 aromatic rings. The number of nitrogen functional groups attached to an aromatic ring is 1. The quantitative estimate of drug-likeness (QED) is 0.326. The molecule has 96 valence electrons. The largest absolute Gasteiger partial charge is 0.508 e. The van der Waals surface area contributed by atoms with Crippen molar-refractivity contribution in [3.05, 3.63) is 40.2 Å². The molecular weight excluding hydrogens is 246 g/mol. The molecule has 0 aliphatic heterocycles. The molecular formula is C14H11NO4. The van der Waals surface area contributed by atoms with Gasteiger partial charge in [0.15, 0.2) is 0 Å². The van der Waals surface area contributed by atoms with Crippen LogP contribution in [0.1, 0.15) is 5.56 Å². The topological polar surface area (TPSA) is 96.7 Å². The Bertz CT molecular complexity index is 880. The summed E-state index contributed by atoms with van der Waals surface area (Å²) in [6.07, 6.45) is 0. The van der Waals surface area contributed by atoms with Gasteiger partial charge in [0, 0.05) is 28.6 Å². The van der Waals surface area contributed by atoms with Crippen LogP contribution >= 0.6 is 0 Å². The summed E-state index contributed by atoms with van der Waals surface area (Å²) in [5, 5.41) is 20.5. The van der Waals surface area contributed by atoms with Gasteiger partial charge in [-0.2, -0.15) is 0 Å². The molecule has 5 heteroatoms. The molecule has 1 aromatic heterocycles. The third-order valence-electron chi connectivity index (χ3n) is 3.10. The van der Waals surface area contributed by atoms with E-state index >= 15 is 0 Å². The van der Waals surface area contributed by atoms with Crippen molar-refractivity contribution in [1.29, 1.82) is 0 Å². The summed E-state index contributed by atoms with van der Waals surface area (Å²) in [6, 6.07) is 5.82. The highest BCUT2D eigenvalue weighted by Gasteiger charge is 2.14. The van der Waals surface area contributed by atoms with Crippen LogP contribution in [0.5, 0.6) is 11.5 Å². The number of nitrogens with two attached hydrogens (primary N) is 1. The first-order chi connectivity index (χ1) is 8.97. The van der Waals surface area contributed by atoms with Crippen LogP contribution in [-0.2, 0) is 0 Å². The number of hydrogen-bond donors (Lipinski definition) is 3. The van der Waals surface area contributed by atoms with E-state index in [1.165, 1.54) is 6.07 Å². The molecule has 0 radical (unpaired) electrons. The third kappa shape index (κ3) is 1.59. The Labute approximate surface area is 107 Å². The maximum absolute atomic E-state index is 11.9. The lowest BCUT2D eigenvalue weighted by Gasteiger charge is -2.08. The summed E-state index contributed by atoms with van der Waals surface area (Å²) in [5.74, 6) is -0.421. The van der Waals surface area contributed by atoms with Crippen molar-refractivity contribution in [3.8, 4) is 11.5 Å². The van der Waals surface area contributed by atoms with E-state index in [1.807, 2.05) is 6.92 Å². The molecule has 0 spiro atoms. The monoisotopic (exact) mass is 257 g/mol. The standard InChI is InChI=1S/C14H11NO4/c1-6-2-7(15)3-11-12(6)9-4-8(16)5-10(17)13(9)14(18)19-11/h2-5,16-17H,15H2,1H3. The maximum Gasteiger partial charge on any atom is 0.347 e. The van der Waals surface area contributed by atoms with Crippen molar-refractivity contribution in [2.45, 2.75) is 6.92 Å². The number of anilines is 1. The van der Waals surface area contributed by atoms with Crippen LogP contribution in [0.4, 0.5) is 5.69 Å². The average Bonchev–Trinajstić information content (AvgIpc) is 2.25. The van der Waals surface area contributed by atoms with Crippen molar-refractivity contribution in [1.82, 2.24) is 0 Å². The zero-order valence-corrected chi connectivity index (χ0v) is 10.1. The van der Waals surface area contributed by atoms with E-state index in [4.69, 9.17) is 10.2 Å². The molecule has 0 bridgehead atoms. The van der Waals surface area contributed by atoms with Crippen molar-refractivity contribution in [3.63, 3.8) is 0 Å². The van der Waals surface area contributed by atoms with Crippen LogP contribution in [0.15, 0.2) is 33.5 Å². The van der Waals surface area contributed by atoms with Gasteiger partial charge in [-0.1, -0.05) is 0 Å². The van der Waals surface area contributed by atoms with Crippen LogP contribution in [0, 0.1) is 6.92 Å². The average molecular weight is 257 g/mol. The molecule has 0 atom stereocenters. The number of fused-ring (bicyclic) bond motifs is 3. The lowest BCUT2D eigenvalue weighted by molar-refractivity contribution is 0.453. The fraction of sp³-hybridized carbons (Fsp3) is 0.0714. The predicted octanol–water partition coefficient (Wildman–Crippen LogP) is 2.25. The van der Waals surface area contributed by atoms with Gasteiger partial charge < -0.3 is 20.4 Å². The number of hydrogen-bond acceptors (Lipinski definition) is 5. The van der Waals surface area contributed by atoms with Gasteiger partial charge in [0.2, 0.25) is 0 Å². The number of phenolic OH excluding ortho intramolecular Hbond substituents is 2. The van der Waals surface area contributed by atoms with Crippen LogP contribution in [-0.4, -0.2) is 10.2 Å². The molecule has 19 heavy (non-hydrogen) atoms. The van der Waals surface area contributed by atoms with Crippen LogP contribution in [0.3, 0.4) is 0 Å². The Kier molecular flexibility index (Phi) is 2.19. The lowest BCUT2D eigenvalue weighted by atomic mass is 10.0. The number of rotatable bonds is 0. The predicted molar refractivity (Wildman–Crippen MR) is 72.5 cm³/mol. The smallest absolute Gasteiger partial charge is 0.347 e. The first-order valence-electron chi connectivity index (χ1n) is 5.66. The summed E-state index contributed by atoms with van der Waals surface area (Å²) in [5.41, 5.74) is 6.67. The van der Waals surface area contributed by atoms with Crippen molar-refractivity contribution < 1.29 is 14.6 Å². The Morgan fingerprint density at radius 3 is 2.58 bits per heavy atom. The first kappa shape index (κ1) is 11.4. The van der Waals surface area contributed by atoms with Crippen molar-refractivity contribution >= 4 is 27.4 Å². The van der Waals surface area contributed by atoms with Gasteiger partial charge >= 0.3 is 5.63 Å². The number of aryl methyl sites for hydroxylation is 1. The van der Waals surface area contributed by atoms with Gasteiger partial charge in [-0.25, -0.2) is 4.79 Å². The molecule has 0 aliphatic carbocycles. The minimum absolute atomic E-state index is 0.0539. The Balaban J connectivity index is 2.70. The second-order valence-corrected chi connectivity index (χ2v) is 4.49. The second-order valence-electron chi connectivity index (χ2n) is 4.49. The molecule has 0 amide bonds. The molecule has 3 rings (SSSR count). The Morgan fingerprint density at radius 1 is 1.11 bits per heavy atom. The van der Waals surface area contributed by atoms with Gasteiger partial charge in [0.25, 0.3) is 0 Å². The lowest BCUT2D eigenvalue weighted by Crippen LogP contribution is -2.01. The fourth-order valence-electron chi connectivity index (χ4n) is 2.38. The zero-order chi connectivity index (χ0) is 13.7. The number of aromatic hydroxyl groups is 2. The molecule has 1 heterocycles. The summed E-state index contributed by atoms with van der Waals surface area (Å²) in [6.45, 7) is 1.82. The van der Waals surface area contributed by atoms with E-state index in [0.29, 0.717) is 22.0 Å². The van der Waals surface area contributed by atoms with E-state index in [-0.39, 0.29) is 16.9 Å². The van der Waals surface area contributed by atoms with E-state index in [2.05, 4.69) is 0 Å². The fourth-order valence-corrected chi connectivity index (χ4v) is 2.38. The van der Waals surface area contributed by atoms with Crippen LogP contribution in [0.2, 0.25) is 0 Å². The first-order valence-corrected chi connectivity index (χ1v) is 5.66. The highest BCUT2D eigenvalue weighted by atomic mass is 16.4. The van der Waals surface area contributed by atoms with Gasteiger partial charge in [-0.15, -0.1) is 0 Å². The summed E-state index contributed by atoms with van der Waals surface area (Å²) >= 11 is 0. The van der Waals surface area contributed by atoms with Gasteiger partial charge in [-0.05, 0) is 24.6 Å². The Hall–Kier alpha value is -2.69. The SMILES string of the molecule is Cc1cc(N)cc2oc(=O)c3c(O)cc(O)cc3c12. The van der Waals surface area contributed by atoms with Crippen molar-refractivity contribution in [2.75, 3.05) is 5.73 Å². The summed E-state index contributed by atoms with van der Waals surface area (Å²) < 4.78 is 5.18. The number of phenols is 2. The van der Waals surface area contributed by atoms with E-state index < -0.39 is 5.63 Å². The maximum atomic E-state index is 11.9. The minimum Gasteiger partial charge on any atom is -0.508 e. The normalized spacial score (nSPS) is 11.2. The molecule has 0 fully saturated rings. The molecule has 0 unspecified atom stereocenters. The minimum atomic E-state index is -0.662. The number of benzene rings is 2. The summed E-state index contributed by atoms with van der Waals surface area (Å²) in [4.78, 5) is 11.9. The molecule has 0 aliphatic rings. The summed E-state index contributed by atoms with van der Waals surface area (Å²) in [7, 11) is 0. The Morgan fingerprint density at radius 2 is 1.84 bits per heavy atom. The molecule has 0 saturated heterocycles. The van der Waals surface area contributed by atoms with Crippen LogP contribution in [0.25, 0.3) is 21.7 Å². The van der Waals surface area contributed by atoms with E-state index in [1.54, 1.807) is 12.1 Å². The van der Waals surface area contributed by atoms with E-state index in [9.17, 15) is 15.0 Å². The third-order valence-corrected chi connectivity index (χ3v) is 3.10. The van der Waals surface area contributed by atoms with E-state index in [0.717, 1.165) is 11.6 Å². The van der Waals surface area contributed by atoms with Gasteiger partial charge in [0.1, 0.15) is 22.5 Å². The second kappa shape index (κ2) is 3.65. The molecule has 5 nitrogen and oxygen atoms in total.